The second-order valence-electron chi connectivity index (χ2n) is 3.56. The highest BCUT2D eigenvalue weighted by atomic mass is 35.5. The van der Waals surface area contributed by atoms with Gasteiger partial charge < -0.3 is 4.42 Å². The van der Waals surface area contributed by atoms with Crippen LogP contribution in [-0.4, -0.2) is 22.8 Å². The Hall–Kier alpha value is -1.29. The lowest BCUT2D eigenvalue weighted by Gasteiger charge is -2.18. The maximum absolute atomic E-state index is 11.9. The van der Waals surface area contributed by atoms with E-state index in [-0.39, 0.29) is 28.6 Å². The molecule has 1 aromatic heterocycles. The molecular formula is C10H10ClNO3. The molecule has 4 nitrogen and oxygen atoms in total. The van der Waals surface area contributed by atoms with Crippen LogP contribution >= 0.6 is 11.6 Å². The van der Waals surface area contributed by atoms with Gasteiger partial charge in [0.1, 0.15) is 0 Å². The van der Waals surface area contributed by atoms with Gasteiger partial charge >= 0.3 is 0 Å². The monoisotopic (exact) mass is 227 g/mol. The second-order valence-corrected chi connectivity index (χ2v) is 3.91. The Morgan fingerprint density at radius 1 is 1.67 bits per heavy atom. The molecule has 1 saturated heterocycles. The number of nitrogens with zero attached hydrogens (tertiary/aromatic N) is 1. The Morgan fingerprint density at radius 2 is 2.40 bits per heavy atom. The van der Waals surface area contributed by atoms with E-state index in [4.69, 9.17) is 16.0 Å². The fourth-order valence-corrected chi connectivity index (χ4v) is 1.91. The molecule has 1 aliphatic rings. The molecule has 2 amide bonds. The van der Waals surface area contributed by atoms with E-state index in [0.29, 0.717) is 12.8 Å². The number of likely N-dealkylation sites (tertiary alicyclic amines) is 1. The third-order valence-electron chi connectivity index (χ3n) is 2.55. The van der Waals surface area contributed by atoms with E-state index in [1.807, 2.05) is 6.92 Å². The van der Waals surface area contributed by atoms with Crippen LogP contribution in [0, 0.1) is 0 Å². The van der Waals surface area contributed by atoms with Gasteiger partial charge in [-0.15, -0.1) is 0 Å². The fraction of sp³-hybridized carbons (Fsp3) is 0.400. The maximum Gasteiger partial charge on any atom is 0.265 e. The highest BCUT2D eigenvalue weighted by molar-refractivity contribution is 6.32. The molecule has 0 aromatic carbocycles. The minimum absolute atomic E-state index is 0.0342. The normalized spacial score (nSPS) is 21.1. The molecule has 1 fully saturated rings. The van der Waals surface area contributed by atoms with Crippen molar-refractivity contribution < 1.29 is 14.0 Å². The lowest BCUT2D eigenvalue weighted by molar-refractivity contribution is -0.126. The first-order valence-electron chi connectivity index (χ1n) is 4.70. The van der Waals surface area contributed by atoms with Crippen molar-refractivity contribution in [3.05, 3.63) is 23.1 Å². The molecule has 2 heterocycles. The topological polar surface area (TPSA) is 50.5 Å². The van der Waals surface area contributed by atoms with Crippen LogP contribution in [0.4, 0.5) is 0 Å². The molecule has 0 bridgehead atoms. The van der Waals surface area contributed by atoms with Crippen molar-refractivity contribution in [1.82, 2.24) is 4.90 Å². The third-order valence-corrected chi connectivity index (χ3v) is 2.85. The summed E-state index contributed by atoms with van der Waals surface area (Å²) in [6, 6.07) is 1.42. The SMILES string of the molecule is CC1CCC(=O)N1C(=O)c1ccoc1Cl. The fourth-order valence-electron chi connectivity index (χ4n) is 1.72. The van der Waals surface area contributed by atoms with E-state index >= 15 is 0 Å². The first-order chi connectivity index (χ1) is 7.11. The van der Waals surface area contributed by atoms with Gasteiger partial charge in [-0.2, -0.15) is 0 Å². The van der Waals surface area contributed by atoms with Crippen LogP contribution in [0.15, 0.2) is 16.7 Å². The van der Waals surface area contributed by atoms with Gasteiger partial charge in [-0.25, -0.2) is 0 Å². The summed E-state index contributed by atoms with van der Waals surface area (Å²) in [5, 5.41) is 0.0342. The highest BCUT2D eigenvalue weighted by Gasteiger charge is 2.34. The van der Waals surface area contributed by atoms with Crippen molar-refractivity contribution >= 4 is 23.4 Å². The molecule has 1 atom stereocenters. The minimum Gasteiger partial charge on any atom is -0.452 e. The third kappa shape index (κ3) is 1.65. The summed E-state index contributed by atoms with van der Waals surface area (Å²) in [5.41, 5.74) is 0.249. The van der Waals surface area contributed by atoms with Gasteiger partial charge in [-0.3, -0.25) is 14.5 Å². The lowest BCUT2D eigenvalue weighted by Crippen LogP contribution is -2.36. The zero-order valence-electron chi connectivity index (χ0n) is 8.20. The number of furan rings is 1. The summed E-state index contributed by atoms with van der Waals surface area (Å²) in [6.07, 6.45) is 2.46. The van der Waals surface area contributed by atoms with Crippen LogP contribution in [0.3, 0.4) is 0 Å². The van der Waals surface area contributed by atoms with Gasteiger partial charge in [0.05, 0.1) is 11.8 Å². The van der Waals surface area contributed by atoms with E-state index in [1.165, 1.54) is 17.2 Å². The van der Waals surface area contributed by atoms with Crippen LogP contribution in [-0.2, 0) is 4.79 Å². The smallest absolute Gasteiger partial charge is 0.265 e. The molecular weight excluding hydrogens is 218 g/mol. The first kappa shape index (κ1) is 10.2. The number of hydrogen-bond donors (Lipinski definition) is 0. The molecule has 1 aliphatic heterocycles. The van der Waals surface area contributed by atoms with Gasteiger partial charge in [0, 0.05) is 12.5 Å². The highest BCUT2D eigenvalue weighted by Crippen LogP contribution is 2.24. The molecule has 15 heavy (non-hydrogen) atoms. The largest absolute Gasteiger partial charge is 0.452 e. The number of carbonyl (C=O) groups excluding carboxylic acids is 2. The van der Waals surface area contributed by atoms with Crippen LogP contribution in [0.1, 0.15) is 30.1 Å². The van der Waals surface area contributed by atoms with Crippen molar-refractivity contribution in [2.45, 2.75) is 25.8 Å². The Balaban J connectivity index is 2.28. The predicted molar refractivity (Wildman–Crippen MR) is 53.6 cm³/mol. The number of rotatable bonds is 1. The summed E-state index contributed by atoms with van der Waals surface area (Å²) in [7, 11) is 0. The van der Waals surface area contributed by atoms with Crippen molar-refractivity contribution in [1.29, 1.82) is 0 Å². The molecule has 1 aromatic rings. The molecule has 0 saturated carbocycles. The Kier molecular flexibility index (Phi) is 2.52. The van der Waals surface area contributed by atoms with Crippen LogP contribution in [0.2, 0.25) is 5.22 Å². The lowest BCUT2D eigenvalue weighted by atomic mass is 10.2. The van der Waals surface area contributed by atoms with E-state index < -0.39 is 0 Å². The van der Waals surface area contributed by atoms with Crippen LogP contribution in [0.25, 0.3) is 0 Å². The van der Waals surface area contributed by atoms with Gasteiger partial charge in [0.2, 0.25) is 11.1 Å². The Morgan fingerprint density at radius 3 is 2.87 bits per heavy atom. The quantitative estimate of drug-likeness (QED) is 0.691. The van der Waals surface area contributed by atoms with Gasteiger partial charge in [-0.1, -0.05) is 0 Å². The molecule has 0 spiro atoms. The van der Waals surface area contributed by atoms with Gasteiger partial charge in [0.15, 0.2) is 0 Å². The summed E-state index contributed by atoms with van der Waals surface area (Å²) >= 11 is 5.68. The van der Waals surface area contributed by atoms with Crippen LogP contribution < -0.4 is 0 Å². The molecule has 80 valence electrons. The standard InChI is InChI=1S/C10H10ClNO3/c1-6-2-3-8(13)12(6)10(14)7-4-5-15-9(7)11/h4-6H,2-3H2,1H3. The van der Waals surface area contributed by atoms with Crippen LogP contribution in [0.5, 0.6) is 0 Å². The number of imide groups is 1. The number of hydrogen-bond acceptors (Lipinski definition) is 3. The Bertz CT molecular complexity index is 413. The summed E-state index contributed by atoms with van der Waals surface area (Å²) in [5.74, 6) is -0.520. The molecule has 0 N–H and O–H groups in total. The summed E-state index contributed by atoms with van der Waals surface area (Å²) < 4.78 is 4.82. The zero-order chi connectivity index (χ0) is 11.0. The Labute approximate surface area is 91.8 Å². The first-order valence-corrected chi connectivity index (χ1v) is 5.08. The predicted octanol–water partition coefficient (Wildman–Crippen LogP) is 2.08. The van der Waals surface area contributed by atoms with E-state index in [9.17, 15) is 9.59 Å². The molecule has 2 rings (SSSR count). The summed E-state index contributed by atoms with van der Waals surface area (Å²) in [6.45, 7) is 1.84. The maximum atomic E-state index is 11.9. The van der Waals surface area contributed by atoms with E-state index in [1.54, 1.807) is 0 Å². The second kappa shape index (κ2) is 3.70. The van der Waals surface area contributed by atoms with Crippen molar-refractivity contribution in [3.8, 4) is 0 Å². The number of carbonyl (C=O) groups is 2. The van der Waals surface area contributed by atoms with Crippen molar-refractivity contribution in [2.75, 3.05) is 0 Å². The average Bonchev–Trinajstić information content (AvgIpc) is 2.73. The molecule has 0 aliphatic carbocycles. The zero-order valence-corrected chi connectivity index (χ0v) is 8.95. The number of halogens is 1. The van der Waals surface area contributed by atoms with Gasteiger partial charge in [0.25, 0.3) is 5.91 Å². The summed E-state index contributed by atoms with van der Waals surface area (Å²) in [4.78, 5) is 24.6. The molecule has 1 unspecified atom stereocenters. The average molecular weight is 228 g/mol. The minimum atomic E-state index is -0.372. The molecule has 5 heteroatoms. The van der Waals surface area contributed by atoms with Crippen molar-refractivity contribution in [3.63, 3.8) is 0 Å². The number of amides is 2. The van der Waals surface area contributed by atoms with E-state index in [0.717, 1.165) is 0 Å². The van der Waals surface area contributed by atoms with Crippen molar-refractivity contribution in [2.24, 2.45) is 0 Å². The molecule has 0 radical (unpaired) electrons. The van der Waals surface area contributed by atoms with E-state index in [2.05, 4.69) is 0 Å². The van der Waals surface area contributed by atoms with Gasteiger partial charge in [-0.05, 0) is 31.0 Å².